The summed E-state index contributed by atoms with van der Waals surface area (Å²) in [4.78, 5) is 0. The standard InChI is InChI=1S/C14H13Br2NO/c15-10-3-1-2-9(6-10)7-14(18)12-8-11(16)4-5-13(12)17/h1-6,8,14,18H,7,17H2. The van der Waals surface area contributed by atoms with Gasteiger partial charge in [-0.3, -0.25) is 0 Å². The van der Waals surface area contributed by atoms with Crippen molar-refractivity contribution >= 4 is 37.5 Å². The number of aliphatic hydroxyl groups is 1. The normalized spacial score (nSPS) is 12.4. The van der Waals surface area contributed by atoms with Gasteiger partial charge in [-0.25, -0.2) is 0 Å². The summed E-state index contributed by atoms with van der Waals surface area (Å²) in [5.74, 6) is 0. The molecule has 0 spiro atoms. The monoisotopic (exact) mass is 369 g/mol. The lowest BCUT2D eigenvalue weighted by atomic mass is 10.0. The maximum Gasteiger partial charge on any atom is 0.0850 e. The molecule has 3 N–H and O–H groups in total. The molecule has 2 aromatic rings. The van der Waals surface area contributed by atoms with Gasteiger partial charge in [0.15, 0.2) is 0 Å². The smallest absolute Gasteiger partial charge is 0.0850 e. The summed E-state index contributed by atoms with van der Waals surface area (Å²) in [6.45, 7) is 0. The molecule has 2 aromatic carbocycles. The van der Waals surface area contributed by atoms with Crippen molar-refractivity contribution in [1.82, 2.24) is 0 Å². The van der Waals surface area contributed by atoms with Crippen molar-refractivity contribution in [1.29, 1.82) is 0 Å². The van der Waals surface area contributed by atoms with Gasteiger partial charge in [-0.1, -0.05) is 44.0 Å². The number of nitrogen functional groups attached to an aromatic ring is 1. The number of anilines is 1. The molecule has 0 bridgehead atoms. The topological polar surface area (TPSA) is 46.2 Å². The van der Waals surface area contributed by atoms with Gasteiger partial charge in [-0.05, 0) is 35.9 Å². The highest BCUT2D eigenvalue weighted by Gasteiger charge is 2.12. The zero-order chi connectivity index (χ0) is 13.1. The lowest BCUT2D eigenvalue weighted by molar-refractivity contribution is 0.179. The molecule has 0 aromatic heterocycles. The molecule has 18 heavy (non-hydrogen) atoms. The summed E-state index contributed by atoms with van der Waals surface area (Å²) >= 11 is 6.81. The Kier molecular flexibility index (Phi) is 4.43. The Balaban J connectivity index is 2.21. The highest BCUT2D eigenvalue weighted by Crippen LogP contribution is 2.27. The maximum absolute atomic E-state index is 10.3. The predicted octanol–water partition coefficient (Wildman–Crippen LogP) is 4.07. The van der Waals surface area contributed by atoms with Crippen LogP contribution >= 0.6 is 31.9 Å². The molecule has 1 atom stereocenters. The van der Waals surface area contributed by atoms with Crippen LogP contribution in [0.1, 0.15) is 17.2 Å². The van der Waals surface area contributed by atoms with Crippen LogP contribution in [0.25, 0.3) is 0 Å². The van der Waals surface area contributed by atoms with Gasteiger partial charge in [0.05, 0.1) is 6.10 Å². The number of halogens is 2. The molecule has 0 aliphatic carbocycles. The minimum atomic E-state index is -0.600. The van der Waals surface area contributed by atoms with E-state index in [4.69, 9.17) is 5.73 Å². The molecular weight excluding hydrogens is 358 g/mol. The largest absolute Gasteiger partial charge is 0.398 e. The summed E-state index contributed by atoms with van der Waals surface area (Å²) < 4.78 is 1.93. The first-order valence-corrected chi connectivity index (χ1v) is 7.12. The second-order valence-corrected chi connectivity index (χ2v) is 5.95. The average molecular weight is 371 g/mol. The number of hydrogen-bond acceptors (Lipinski definition) is 2. The molecule has 0 amide bonds. The number of aliphatic hydroxyl groups excluding tert-OH is 1. The van der Waals surface area contributed by atoms with E-state index >= 15 is 0 Å². The van der Waals surface area contributed by atoms with E-state index in [9.17, 15) is 5.11 Å². The highest BCUT2D eigenvalue weighted by molar-refractivity contribution is 9.10. The molecule has 94 valence electrons. The van der Waals surface area contributed by atoms with Crippen LogP contribution in [0.5, 0.6) is 0 Å². The first kappa shape index (κ1) is 13.6. The van der Waals surface area contributed by atoms with Crippen molar-refractivity contribution in [3.63, 3.8) is 0 Å². The van der Waals surface area contributed by atoms with E-state index in [0.717, 1.165) is 20.1 Å². The molecule has 0 saturated heterocycles. The third-order valence-electron chi connectivity index (χ3n) is 2.73. The Labute approximate surface area is 123 Å². The van der Waals surface area contributed by atoms with Crippen molar-refractivity contribution in [2.75, 3.05) is 5.73 Å². The Morgan fingerprint density at radius 3 is 2.50 bits per heavy atom. The van der Waals surface area contributed by atoms with Crippen molar-refractivity contribution in [3.05, 3.63) is 62.5 Å². The maximum atomic E-state index is 10.3. The van der Waals surface area contributed by atoms with Crippen molar-refractivity contribution in [2.45, 2.75) is 12.5 Å². The highest BCUT2D eigenvalue weighted by atomic mass is 79.9. The van der Waals surface area contributed by atoms with Crippen LogP contribution in [-0.4, -0.2) is 5.11 Å². The summed E-state index contributed by atoms with van der Waals surface area (Å²) in [5.41, 5.74) is 8.32. The van der Waals surface area contributed by atoms with E-state index in [1.807, 2.05) is 36.4 Å². The predicted molar refractivity (Wildman–Crippen MR) is 81.4 cm³/mol. The lowest BCUT2D eigenvalue weighted by Crippen LogP contribution is -2.05. The first-order chi connectivity index (χ1) is 8.56. The molecule has 4 heteroatoms. The Morgan fingerprint density at radius 2 is 1.78 bits per heavy atom. The van der Waals surface area contributed by atoms with E-state index in [2.05, 4.69) is 31.9 Å². The van der Waals surface area contributed by atoms with E-state index in [1.54, 1.807) is 6.07 Å². The zero-order valence-electron chi connectivity index (χ0n) is 9.61. The van der Waals surface area contributed by atoms with Gasteiger partial charge in [0.1, 0.15) is 0 Å². The summed E-state index contributed by atoms with van der Waals surface area (Å²) in [6.07, 6.45) is -0.0584. The third-order valence-corrected chi connectivity index (χ3v) is 3.71. The summed E-state index contributed by atoms with van der Waals surface area (Å²) in [6, 6.07) is 13.4. The molecule has 0 saturated carbocycles. The molecule has 0 aliphatic heterocycles. The fraction of sp³-hybridized carbons (Fsp3) is 0.143. The SMILES string of the molecule is Nc1ccc(Br)cc1C(O)Cc1cccc(Br)c1. The molecule has 0 fully saturated rings. The number of nitrogens with two attached hydrogens (primary N) is 1. The molecule has 0 heterocycles. The molecule has 2 nitrogen and oxygen atoms in total. The first-order valence-electron chi connectivity index (χ1n) is 5.53. The second-order valence-electron chi connectivity index (χ2n) is 4.12. The number of benzene rings is 2. The second kappa shape index (κ2) is 5.87. The minimum Gasteiger partial charge on any atom is -0.398 e. The van der Waals surface area contributed by atoms with Crippen LogP contribution in [0.15, 0.2) is 51.4 Å². The van der Waals surface area contributed by atoms with Gasteiger partial charge in [-0.15, -0.1) is 0 Å². The molecule has 1 unspecified atom stereocenters. The number of hydrogen-bond donors (Lipinski definition) is 2. The van der Waals surface area contributed by atoms with Crippen LogP contribution in [0.4, 0.5) is 5.69 Å². The van der Waals surface area contributed by atoms with Crippen LogP contribution in [0.3, 0.4) is 0 Å². The van der Waals surface area contributed by atoms with Gasteiger partial charge >= 0.3 is 0 Å². The molecule has 0 radical (unpaired) electrons. The van der Waals surface area contributed by atoms with Crippen molar-refractivity contribution in [3.8, 4) is 0 Å². The Morgan fingerprint density at radius 1 is 1.06 bits per heavy atom. The van der Waals surface area contributed by atoms with Gasteiger partial charge in [0.2, 0.25) is 0 Å². The van der Waals surface area contributed by atoms with Crippen molar-refractivity contribution in [2.24, 2.45) is 0 Å². The van der Waals surface area contributed by atoms with Crippen LogP contribution < -0.4 is 5.73 Å². The minimum absolute atomic E-state index is 0.542. The Bertz CT molecular complexity index is 557. The summed E-state index contributed by atoms with van der Waals surface area (Å²) in [5, 5.41) is 10.3. The third kappa shape index (κ3) is 3.34. The molecule has 0 aliphatic rings. The summed E-state index contributed by atoms with van der Waals surface area (Å²) in [7, 11) is 0. The fourth-order valence-electron chi connectivity index (χ4n) is 1.83. The Hall–Kier alpha value is -0.840. The number of rotatable bonds is 3. The van der Waals surface area contributed by atoms with E-state index in [-0.39, 0.29) is 0 Å². The quantitative estimate of drug-likeness (QED) is 0.800. The fourth-order valence-corrected chi connectivity index (χ4v) is 2.66. The van der Waals surface area contributed by atoms with Gasteiger partial charge in [0.25, 0.3) is 0 Å². The van der Waals surface area contributed by atoms with Crippen molar-refractivity contribution < 1.29 is 5.11 Å². The van der Waals surface area contributed by atoms with E-state index in [0.29, 0.717) is 12.1 Å². The molecular formula is C14H13Br2NO. The van der Waals surface area contributed by atoms with Crippen LogP contribution in [-0.2, 0) is 6.42 Å². The van der Waals surface area contributed by atoms with Gasteiger partial charge < -0.3 is 10.8 Å². The van der Waals surface area contributed by atoms with E-state index in [1.165, 1.54) is 0 Å². The zero-order valence-corrected chi connectivity index (χ0v) is 12.8. The van der Waals surface area contributed by atoms with Gasteiger partial charge in [0, 0.05) is 26.6 Å². The van der Waals surface area contributed by atoms with Crippen LogP contribution in [0.2, 0.25) is 0 Å². The van der Waals surface area contributed by atoms with E-state index < -0.39 is 6.10 Å². The lowest BCUT2D eigenvalue weighted by Gasteiger charge is -2.14. The average Bonchev–Trinajstić information content (AvgIpc) is 2.32. The van der Waals surface area contributed by atoms with Crippen LogP contribution in [0, 0.1) is 0 Å². The van der Waals surface area contributed by atoms with Gasteiger partial charge in [-0.2, -0.15) is 0 Å². The molecule has 2 rings (SSSR count).